The Bertz CT molecular complexity index is 1960. The van der Waals surface area contributed by atoms with Crippen LogP contribution in [0.1, 0.15) is 42.2 Å². The van der Waals surface area contributed by atoms with E-state index >= 15 is 0 Å². The maximum absolute atomic E-state index is 12.6. The third-order valence-electron chi connectivity index (χ3n) is 7.14. The minimum absolute atomic E-state index is 0.00445. The van der Waals surface area contributed by atoms with Gasteiger partial charge in [0, 0.05) is 6.54 Å². The first kappa shape index (κ1) is 37.8. The van der Waals surface area contributed by atoms with Gasteiger partial charge in [0.25, 0.3) is 5.91 Å². The van der Waals surface area contributed by atoms with Crippen LogP contribution in [0.2, 0.25) is 0 Å². The predicted octanol–water partition coefficient (Wildman–Crippen LogP) is 6.42. The highest BCUT2D eigenvalue weighted by atomic mass is 16.6. The molecule has 5 N–H and O–H groups in total. The normalized spacial score (nSPS) is 10.1. The van der Waals surface area contributed by atoms with Gasteiger partial charge in [-0.2, -0.15) is 0 Å². The zero-order valence-corrected chi connectivity index (χ0v) is 27.9. The van der Waals surface area contributed by atoms with Crippen molar-refractivity contribution in [3.63, 3.8) is 0 Å². The Morgan fingerprint density at radius 2 is 1.23 bits per heavy atom. The van der Waals surface area contributed by atoms with Gasteiger partial charge in [0.2, 0.25) is 0 Å². The van der Waals surface area contributed by atoms with E-state index in [1.165, 1.54) is 24.3 Å². The third kappa shape index (κ3) is 12.2. The summed E-state index contributed by atoms with van der Waals surface area (Å²) in [4.78, 5) is 41.5. The standard InChI is InChI=1S/C34H30N2O9.C6H6O/c1-2-42-26-12-14-28(29(20-26)33(38)39)32(37)35-22-24-10-8-23(9-11-24)16-17-45-36-31-15-13-27(21-30(31)34(40)41)44-19-18-43-25-6-4-3-5-7-25;7-6-4-2-1-3-5-6/h1,3-15,20-21,36H,16-19,22H2,(H,35,37)(H,38,39)(H,40,41);1-5,7H. The predicted molar refractivity (Wildman–Crippen MR) is 193 cm³/mol. The minimum Gasteiger partial charge on any atom is -0.508 e. The van der Waals surface area contributed by atoms with Crippen molar-refractivity contribution in [2.45, 2.75) is 13.0 Å². The lowest BCUT2D eigenvalue weighted by Gasteiger charge is -2.13. The molecule has 0 aliphatic rings. The lowest BCUT2D eigenvalue weighted by Crippen LogP contribution is -2.25. The summed E-state index contributed by atoms with van der Waals surface area (Å²) in [5.41, 5.74) is 4.48. The van der Waals surface area contributed by atoms with Gasteiger partial charge >= 0.3 is 11.9 Å². The number of carbonyl (C=O) groups is 3. The summed E-state index contributed by atoms with van der Waals surface area (Å²) >= 11 is 0. The number of ether oxygens (including phenoxy) is 3. The summed E-state index contributed by atoms with van der Waals surface area (Å²) in [6, 6.07) is 34.0. The van der Waals surface area contributed by atoms with Gasteiger partial charge in [0.1, 0.15) is 42.3 Å². The number of terminal acetylenes is 1. The third-order valence-corrected chi connectivity index (χ3v) is 7.14. The zero-order chi connectivity index (χ0) is 37.1. The number of nitrogens with one attached hydrogen (secondary N) is 2. The fourth-order valence-corrected chi connectivity index (χ4v) is 4.57. The smallest absolute Gasteiger partial charge is 0.338 e. The zero-order valence-electron chi connectivity index (χ0n) is 27.9. The SMILES string of the molecule is C#COc1ccc(C(=O)NCc2ccc(CCONc3ccc(OCCOc4ccccc4)cc3C(=O)O)cc2)c(C(=O)O)c1.Oc1ccccc1. The second-order valence-corrected chi connectivity index (χ2v) is 10.8. The molecular weight excluding hydrogens is 668 g/mol. The molecule has 0 fully saturated rings. The number of carbonyl (C=O) groups excluding carboxylic acids is 1. The quantitative estimate of drug-likeness (QED) is 0.0436. The number of carboxylic acid groups (broad SMARTS) is 2. The summed E-state index contributed by atoms with van der Waals surface area (Å²) in [6.45, 7) is 0.973. The van der Waals surface area contributed by atoms with Crippen LogP contribution in [0.25, 0.3) is 0 Å². The molecular formula is C40H36N2O10. The largest absolute Gasteiger partial charge is 0.508 e. The first-order valence-electron chi connectivity index (χ1n) is 15.9. The molecule has 0 aliphatic heterocycles. The van der Waals surface area contributed by atoms with Crippen LogP contribution in [-0.2, 0) is 17.8 Å². The molecule has 266 valence electrons. The Balaban J connectivity index is 0.000000771. The monoisotopic (exact) mass is 704 g/mol. The van der Waals surface area contributed by atoms with Crippen molar-refractivity contribution in [3.8, 4) is 35.5 Å². The molecule has 0 heterocycles. The number of amides is 1. The topological polar surface area (TPSA) is 173 Å². The molecule has 0 atom stereocenters. The van der Waals surface area contributed by atoms with E-state index in [0.29, 0.717) is 24.5 Å². The second-order valence-electron chi connectivity index (χ2n) is 10.8. The van der Waals surface area contributed by atoms with Gasteiger partial charge in [-0.1, -0.05) is 67.1 Å². The number of phenols is 1. The van der Waals surface area contributed by atoms with Crippen LogP contribution in [0.5, 0.6) is 23.0 Å². The Labute approximate surface area is 300 Å². The molecule has 52 heavy (non-hydrogen) atoms. The number of para-hydroxylation sites is 2. The number of anilines is 1. The molecule has 0 unspecified atom stereocenters. The molecule has 0 saturated carbocycles. The lowest BCUT2D eigenvalue weighted by atomic mass is 10.1. The Kier molecular flexibility index (Phi) is 14.5. The molecule has 12 heteroatoms. The van der Waals surface area contributed by atoms with E-state index in [1.807, 2.05) is 66.8 Å². The van der Waals surface area contributed by atoms with Crippen LogP contribution in [0, 0.1) is 12.5 Å². The van der Waals surface area contributed by atoms with Crippen molar-refractivity contribution in [1.29, 1.82) is 0 Å². The van der Waals surface area contributed by atoms with Crippen LogP contribution in [0.15, 0.2) is 121 Å². The summed E-state index contributed by atoms with van der Waals surface area (Å²) < 4.78 is 16.1. The van der Waals surface area contributed by atoms with E-state index in [-0.39, 0.29) is 47.9 Å². The summed E-state index contributed by atoms with van der Waals surface area (Å²) in [6.07, 6.45) is 7.56. The number of aromatic carboxylic acids is 2. The van der Waals surface area contributed by atoms with Crippen molar-refractivity contribution in [3.05, 3.63) is 149 Å². The van der Waals surface area contributed by atoms with Crippen LogP contribution in [0.4, 0.5) is 5.69 Å². The molecule has 0 aliphatic carbocycles. The molecule has 12 nitrogen and oxygen atoms in total. The average Bonchev–Trinajstić information content (AvgIpc) is 3.16. The van der Waals surface area contributed by atoms with Crippen molar-refractivity contribution < 1.29 is 48.8 Å². The number of rotatable bonds is 16. The molecule has 0 saturated heterocycles. The minimum atomic E-state index is -1.28. The molecule has 0 bridgehead atoms. The molecule has 0 aromatic heterocycles. The molecule has 0 spiro atoms. The highest BCUT2D eigenvalue weighted by molar-refractivity contribution is 6.05. The van der Waals surface area contributed by atoms with Crippen molar-refractivity contribution in [2.75, 3.05) is 25.3 Å². The van der Waals surface area contributed by atoms with Gasteiger partial charge in [0.15, 0.2) is 0 Å². The Morgan fingerprint density at radius 1 is 0.635 bits per heavy atom. The summed E-state index contributed by atoms with van der Waals surface area (Å²) in [5.74, 6) is -1.40. The summed E-state index contributed by atoms with van der Waals surface area (Å²) in [7, 11) is 0. The van der Waals surface area contributed by atoms with Gasteiger partial charge in [-0.05, 0) is 78.2 Å². The van der Waals surface area contributed by atoms with Crippen molar-refractivity contribution in [2.24, 2.45) is 0 Å². The van der Waals surface area contributed by atoms with Crippen LogP contribution < -0.4 is 25.0 Å². The van der Waals surface area contributed by atoms with Gasteiger partial charge in [-0.15, -0.1) is 0 Å². The highest BCUT2D eigenvalue weighted by Crippen LogP contribution is 2.23. The number of carboxylic acids is 2. The molecule has 5 aromatic carbocycles. The summed E-state index contributed by atoms with van der Waals surface area (Å²) in [5, 5.41) is 30.4. The van der Waals surface area contributed by atoms with Crippen molar-refractivity contribution in [1.82, 2.24) is 5.32 Å². The highest BCUT2D eigenvalue weighted by Gasteiger charge is 2.18. The van der Waals surface area contributed by atoms with E-state index in [1.54, 1.807) is 36.4 Å². The first-order valence-corrected chi connectivity index (χ1v) is 15.9. The molecule has 1 amide bonds. The van der Waals surface area contributed by atoms with Gasteiger partial charge in [0.05, 0.1) is 29.0 Å². The number of phenolic OH excluding ortho intramolecular Hbond substituents is 1. The number of hydrogen-bond acceptors (Lipinski definition) is 9. The maximum atomic E-state index is 12.6. The van der Waals surface area contributed by atoms with E-state index in [9.17, 15) is 24.6 Å². The van der Waals surface area contributed by atoms with Crippen LogP contribution in [0.3, 0.4) is 0 Å². The maximum Gasteiger partial charge on any atom is 0.338 e. The van der Waals surface area contributed by atoms with Gasteiger partial charge in [-0.3, -0.25) is 15.1 Å². The number of aromatic hydroxyl groups is 1. The molecule has 5 rings (SSSR count). The fourth-order valence-electron chi connectivity index (χ4n) is 4.57. The fraction of sp³-hybridized carbons (Fsp3) is 0.125. The van der Waals surface area contributed by atoms with Crippen molar-refractivity contribution >= 4 is 23.5 Å². The van der Waals surface area contributed by atoms with Gasteiger partial charge < -0.3 is 34.8 Å². The van der Waals surface area contributed by atoms with E-state index in [4.69, 9.17) is 30.6 Å². The average molecular weight is 705 g/mol. The van der Waals surface area contributed by atoms with E-state index in [0.717, 1.165) is 16.9 Å². The lowest BCUT2D eigenvalue weighted by molar-refractivity contribution is 0.0683. The van der Waals surface area contributed by atoms with Crippen LogP contribution in [-0.4, -0.2) is 53.0 Å². The first-order chi connectivity index (χ1) is 25.2. The Hall–Kier alpha value is -6.97. The van der Waals surface area contributed by atoms with Gasteiger partial charge in [-0.25, -0.2) is 9.59 Å². The second kappa shape index (κ2) is 19.9. The number of hydrogen-bond donors (Lipinski definition) is 5. The van der Waals surface area contributed by atoms with E-state index < -0.39 is 17.8 Å². The van der Waals surface area contributed by atoms with Crippen LogP contribution >= 0.6 is 0 Å². The Morgan fingerprint density at radius 3 is 1.85 bits per heavy atom. The molecule has 5 aromatic rings. The number of benzene rings is 5. The molecule has 0 radical (unpaired) electrons. The van der Waals surface area contributed by atoms with E-state index in [2.05, 4.69) is 10.8 Å².